The summed E-state index contributed by atoms with van der Waals surface area (Å²) in [6.45, 7) is -0.240. The first-order valence-corrected chi connectivity index (χ1v) is 10.1. The summed E-state index contributed by atoms with van der Waals surface area (Å²) in [7, 11) is -3.59. The molecule has 1 aromatic carbocycles. The number of halogens is 1. The van der Waals surface area contributed by atoms with Crippen molar-refractivity contribution in [1.82, 2.24) is 5.32 Å². The van der Waals surface area contributed by atoms with E-state index in [4.69, 9.17) is 11.6 Å². The SMILES string of the molecule is CS(=O)(=O)N(CC(=O)N[C@H]1C[C@@H]2CC[C@@H]1C2)c1ccccc1Cl. The number of nitrogens with zero attached hydrogens (tertiary/aromatic N) is 1. The van der Waals surface area contributed by atoms with Crippen molar-refractivity contribution in [2.45, 2.75) is 31.7 Å². The van der Waals surface area contributed by atoms with Crippen LogP contribution in [0.25, 0.3) is 0 Å². The number of sulfonamides is 1. The Labute approximate surface area is 142 Å². The lowest BCUT2D eigenvalue weighted by atomic mass is 9.95. The van der Waals surface area contributed by atoms with Crippen molar-refractivity contribution in [1.29, 1.82) is 0 Å². The van der Waals surface area contributed by atoms with Crippen LogP contribution in [-0.4, -0.2) is 33.2 Å². The predicted molar refractivity (Wildman–Crippen MR) is 91.0 cm³/mol. The van der Waals surface area contributed by atoms with Crippen LogP contribution >= 0.6 is 11.6 Å². The first-order chi connectivity index (χ1) is 10.8. The topological polar surface area (TPSA) is 66.5 Å². The highest BCUT2D eigenvalue weighted by Crippen LogP contribution is 2.44. The van der Waals surface area contributed by atoms with Crippen LogP contribution in [-0.2, 0) is 14.8 Å². The molecular formula is C16H21ClN2O3S. The maximum Gasteiger partial charge on any atom is 0.241 e. The summed E-state index contributed by atoms with van der Waals surface area (Å²) < 4.78 is 25.2. The smallest absolute Gasteiger partial charge is 0.241 e. The number of benzene rings is 1. The van der Waals surface area contributed by atoms with Crippen molar-refractivity contribution in [3.05, 3.63) is 29.3 Å². The molecule has 0 radical (unpaired) electrons. The number of carbonyl (C=O) groups is 1. The van der Waals surface area contributed by atoms with Gasteiger partial charge in [-0.1, -0.05) is 30.2 Å². The second kappa shape index (κ2) is 6.32. The number of hydrogen-bond donors (Lipinski definition) is 1. The monoisotopic (exact) mass is 356 g/mol. The van der Waals surface area contributed by atoms with Crippen molar-refractivity contribution in [2.75, 3.05) is 17.1 Å². The van der Waals surface area contributed by atoms with Gasteiger partial charge in [0.25, 0.3) is 0 Å². The van der Waals surface area contributed by atoms with E-state index < -0.39 is 10.0 Å². The molecule has 1 aromatic rings. The Balaban J connectivity index is 1.72. The van der Waals surface area contributed by atoms with Gasteiger partial charge in [-0.15, -0.1) is 0 Å². The van der Waals surface area contributed by atoms with E-state index in [2.05, 4.69) is 5.32 Å². The molecule has 0 saturated heterocycles. The molecule has 2 aliphatic carbocycles. The molecule has 0 spiro atoms. The number of fused-ring (bicyclic) bond motifs is 2. The molecule has 3 atom stereocenters. The molecule has 3 rings (SSSR count). The lowest BCUT2D eigenvalue weighted by Gasteiger charge is -2.26. The fourth-order valence-corrected chi connectivity index (χ4v) is 5.00. The highest BCUT2D eigenvalue weighted by atomic mass is 35.5. The molecule has 2 saturated carbocycles. The number of anilines is 1. The third-order valence-electron chi connectivity index (χ3n) is 4.89. The Morgan fingerprint density at radius 1 is 1.30 bits per heavy atom. The molecule has 23 heavy (non-hydrogen) atoms. The van der Waals surface area contributed by atoms with E-state index in [1.54, 1.807) is 24.3 Å². The van der Waals surface area contributed by atoms with Gasteiger partial charge >= 0.3 is 0 Å². The zero-order chi connectivity index (χ0) is 16.6. The van der Waals surface area contributed by atoms with Crippen LogP contribution in [0, 0.1) is 11.8 Å². The molecule has 1 N–H and O–H groups in total. The zero-order valence-corrected chi connectivity index (χ0v) is 14.6. The highest BCUT2D eigenvalue weighted by Gasteiger charge is 2.40. The quantitative estimate of drug-likeness (QED) is 0.881. The maximum atomic E-state index is 12.4. The molecule has 0 aliphatic heterocycles. The normalized spacial score (nSPS) is 26.3. The second-order valence-corrected chi connectivity index (χ2v) is 8.88. The van der Waals surface area contributed by atoms with Crippen LogP contribution in [0.2, 0.25) is 5.02 Å². The standard InChI is InChI=1S/C16H21ClN2O3S/c1-23(21,22)19(15-5-3-2-4-13(15)17)10-16(20)18-14-9-11-6-7-12(14)8-11/h2-5,11-12,14H,6-10H2,1H3,(H,18,20)/t11-,12-,14+/m1/s1. The average molecular weight is 357 g/mol. The van der Waals surface area contributed by atoms with Gasteiger partial charge in [0.1, 0.15) is 6.54 Å². The second-order valence-electron chi connectivity index (χ2n) is 6.57. The van der Waals surface area contributed by atoms with Crippen LogP contribution in [0.5, 0.6) is 0 Å². The molecule has 0 unspecified atom stereocenters. The minimum Gasteiger partial charge on any atom is -0.352 e. The lowest BCUT2D eigenvalue weighted by Crippen LogP contribution is -2.45. The summed E-state index contributed by atoms with van der Waals surface area (Å²) in [4.78, 5) is 12.4. The van der Waals surface area contributed by atoms with Crippen molar-refractivity contribution in [3.63, 3.8) is 0 Å². The van der Waals surface area contributed by atoms with E-state index in [0.717, 1.165) is 29.3 Å². The Morgan fingerprint density at radius 2 is 2.04 bits per heavy atom. The van der Waals surface area contributed by atoms with E-state index in [1.807, 2.05) is 0 Å². The van der Waals surface area contributed by atoms with Gasteiger partial charge in [0.2, 0.25) is 15.9 Å². The summed E-state index contributed by atoms with van der Waals surface area (Å²) in [6.07, 6.45) is 5.70. The molecule has 126 valence electrons. The van der Waals surface area contributed by atoms with E-state index >= 15 is 0 Å². The van der Waals surface area contributed by atoms with E-state index in [0.29, 0.717) is 16.6 Å². The minimum absolute atomic E-state index is 0.189. The van der Waals surface area contributed by atoms with Crippen molar-refractivity contribution < 1.29 is 13.2 Å². The summed E-state index contributed by atoms with van der Waals surface area (Å²) in [5.74, 6) is 1.00. The lowest BCUT2D eigenvalue weighted by molar-refractivity contribution is -0.120. The minimum atomic E-state index is -3.59. The molecule has 2 fully saturated rings. The van der Waals surface area contributed by atoms with Gasteiger partial charge in [-0.2, -0.15) is 0 Å². The van der Waals surface area contributed by atoms with Crippen molar-refractivity contribution in [2.24, 2.45) is 11.8 Å². The van der Waals surface area contributed by atoms with Gasteiger partial charge < -0.3 is 5.32 Å². The predicted octanol–water partition coefficient (Wildman–Crippen LogP) is 2.41. The van der Waals surface area contributed by atoms with Gasteiger partial charge in [-0.25, -0.2) is 8.42 Å². The summed E-state index contributed by atoms with van der Waals surface area (Å²) in [6, 6.07) is 6.83. The molecule has 5 nitrogen and oxygen atoms in total. The molecule has 0 aromatic heterocycles. The van der Waals surface area contributed by atoms with E-state index in [1.165, 1.54) is 12.8 Å². The van der Waals surface area contributed by atoms with Crippen molar-refractivity contribution >= 4 is 33.2 Å². The van der Waals surface area contributed by atoms with Gasteiger partial charge in [-0.3, -0.25) is 9.10 Å². The molecule has 7 heteroatoms. The van der Waals surface area contributed by atoms with Gasteiger partial charge in [-0.05, 0) is 43.2 Å². The molecule has 0 heterocycles. The van der Waals surface area contributed by atoms with Gasteiger partial charge in [0.05, 0.1) is 17.0 Å². The number of hydrogen-bond acceptors (Lipinski definition) is 3. The number of para-hydroxylation sites is 1. The first-order valence-electron chi connectivity index (χ1n) is 7.86. The number of amides is 1. The number of nitrogens with one attached hydrogen (secondary N) is 1. The molecule has 2 bridgehead atoms. The molecule has 2 aliphatic rings. The van der Waals surface area contributed by atoms with Gasteiger partial charge in [0, 0.05) is 6.04 Å². The van der Waals surface area contributed by atoms with Crippen molar-refractivity contribution in [3.8, 4) is 0 Å². The van der Waals surface area contributed by atoms with E-state index in [9.17, 15) is 13.2 Å². The van der Waals surface area contributed by atoms with E-state index in [-0.39, 0.29) is 18.5 Å². The maximum absolute atomic E-state index is 12.4. The van der Waals surface area contributed by atoms with Gasteiger partial charge in [0.15, 0.2) is 0 Å². The molecular weight excluding hydrogens is 336 g/mol. The summed E-state index contributed by atoms with van der Waals surface area (Å²) in [5, 5.41) is 3.32. The third kappa shape index (κ3) is 3.63. The Bertz CT molecular complexity index is 707. The van der Waals surface area contributed by atoms with Crippen LogP contribution in [0.3, 0.4) is 0 Å². The van der Waals surface area contributed by atoms with Crippen LogP contribution in [0.1, 0.15) is 25.7 Å². The fourth-order valence-electron chi connectivity index (χ4n) is 3.84. The Hall–Kier alpha value is -1.27. The first kappa shape index (κ1) is 16.6. The number of carbonyl (C=O) groups excluding carboxylic acids is 1. The number of rotatable bonds is 5. The van der Waals surface area contributed by atoms with Crippen LogP contribution in [0.15, 0.2) is 24.3 Å². The molecule has 1 amide bonds. The average Bonchev–Trinajstić information content (AvgIpc) is 3.07. The Kier molecular flexibility index (Phi) is 4.56. The summed E-state index contributed by atoms with van der Waals surface area (Å²) in [5.41, 5.74) is 0.333. The Morgan fingerprint density at radius 3 is 2.61 bits per heavy atom. The fraction of sp³-hybridized carbons (Fsp3) is 0.562. The van der Waals surface area contributed by atoms with Crippen LogP contribution < -0.4 is 9.62 Å². The van der Waals surface area contributed by atoms with Crippen LogP contribution in [0.4, 0.5) is 5.69 Å². The highest BCUT2D eigenvalue weighted by molar-refractivity contribution is 7.92. The summed E-state index contributed by atoms with van der Waals surface area (Å²) >= 11 is 6.09. The largest absolute Gasteiger partial charge is 0.352 e. The third-order valence-corrected chi connectivity index (χ3v) is 6.34. The zero-order valence-electron chi connectivity index (χ0n) is 13.0.